The molecule has 0 aromatic rings. The van der Waals surface area contributed by atoms with Crippen molar-refractivity contribution in [2.45, 2.75) is 78.0 Å². The van der Waals surface area contributed by atoms with E-state index in [0.29, 0.717) is 24.7 Å². The molecule has 0 saturated heterocycles. The standard InChI is InChI=1S/C25H39NO5/c1-15-9-10-26(22(11-15)24(28)30-6)14-17(3)20-8-7-18(4)25(29)13-23(31-19(5)27)16(2)12-21(20)25/h9,12,17-18,20-23,29H,7-8,10-11,13-14H2,1-6H3/t17?,18-,20+,21-,22+,23-,25-/m1/s1. The minimum atomic E-state index is -0.878. The fourth-order valence-electron chi connectivity index (χ4n) is 5.99. The van der Waals surface area contributed by atoms with Crippen LogP contribution in [0.15, 0.2) is 23.3 Å². The van der Waals surface area contributed by atoms with E-state index in [4.69, 9.17) is 9.47 Å². The van der Waals surface area contributed by atoms with Gasteiger partial charge in [-0.25, -0.2) is 0 Å². The van der Waals surface area contributed by atoms with Crippen LogP contribution in [0.1, 0.15) is 60.3 Å². The molecule has 0 radical (unpaired) electrons. The summed E-state index contributed by atoms with van der Waals surface area (Å²) >= 11 is 0. The van der Waals surface area contributed by atoms with Gasteiger partial charge in [0.2, 0.25) is 0 Å². The average Bonchev–Trinajstić information content (AvgIpc) is 2.70. The van der Waals surface area contributed by atoms with Crippen molar-refractivity contribution in [3.05, 3.63) is 23.3 Å². The summed E-state index contributed by atoms with van der Waals surface area (Å²) in [6, 6.07) is -0.240. The van der Waals surface area contributed by atoms with E-state index in [1.54, 1.807) is 0 Å². The number of esters is 2. The second-order valence-electron chi connectivity index (χ2n) is 10.1. The van der Waals surface area contributed by atoms with Gasteiger partial charge in [-0.3, -0.25) is 14.5 Å². The van der Waals surface area contributed by atoms with E-state index >= 15 is 0 Å². The van der Waals surface area contributed by atoms with E-state index in [1.165, 1.54) is 19.6 Å². The van der Waals surface area contributed by atoms with Crippen LogP contribution in [0.4, 0.5) is 0 Å². The van der Waals surface area contributed by atoms with Crippen LogP contribution in [-0.2, 0) is 19.1 Å². The van der Waals surface area contributed by atoms with Gasteiger partial charge in [0.1, 0.15) is 12.1 Å². The Morgan fingerprint density at radius 1 is 1.32 bits per heavy atom. The molecule has 31 heavy (non-hydrogen) atoms. The SMILES string of the molecule is COC(=O)[C@@H]1CC(C)=CCN1CC(C)[C@@H]1CC[C@@H](C)[C@]2(O)C[C@@H](OC(C)=O)C(C)=C[C@H]12. The Balaban J connectivity index is 1.81. The van der Waals surface area contributed by atoms with Crippen LogP contribution in [0.25, 0.3) is 0 Å². The molecule has 1 fully saturated rings. The van der Waals surface area contributed by atoms with Crippen molar-refractivity contribution in [3.8, 4) is 0 Å². The number of ether oxygens (including phenoxy) is 2. The van der Waals surface area contributed by atoms with Crippen LogP contribution in [-0.4, -0.2) is 59.9 Å². The van der Waals surface area contributed by atoms with Crippen LogP contribution in [0.3, 0.4) is 0 Å². The predicted octanol–water partition coefficient (Wildman–Crippen LogP) is 3.49. The fraction of sp³-hybridized carbons (Fsp3) is 0.760. The number of nitrogens with zero attached hydrogens (tertiary/aromatic N) is 1. The first-order valence-electron chi connectivity index (χ1n) is 11.6. The van der Waals surface area contributed by atoms with Gasteiger partial charge in [-0.15, -0.1) is 0 Å². The molecule has 7 atom stereocenters. The molecular weight excluding hydrogens is 394 g/mol. The summed E-state index contributed by atoms with van der Waals surface area (Å²) < 4.78 is 10.6. The van der Waals surface area contributed by atoms with E-state index in [1.807, 2.05) is 6.92 Å². The van der Waals surface area contributed by atoms with Gasteiger partial charge < -0.3 is 14.6 Å². The van der Waals surface area contributed by atoms with Gasteiger partial charge in [-0.1, -0.05) is 31.6 Å². The Bertz CT molecular complexity index is 759. The zero-order valence-corrected chi connectivity index (χ0v) is 19.9. The molecule has 3 rings (SSSR count). The molecule has 2 aliphatic carbocycles. The molecule has 0 amide bonds. The summed E-state index contributed by atoms with van der Waals surface area (Å²) in [7, 11) is 1.45. The lowest BCUT2D eigenvalue weighted by Crippen LogP contribution is -2.56. The van der Waals surface area contributed by atoms with Gasteiger partial charge in [-0.05, 0) is 56.4 Å². The van der Waals surface area contributed by atoms with Crippen molar-refractivity contribution >= 4 is 11.9 Å². The van der Waals surface area contributed by atoms with E-state index in [-0.39, 0.29) is 35.9 Å². The van der Waals surface area contributed by atoms with Gasteiger partial charge in [-0.2, -0.15) is 0 Å². The highest BCUT2D eigenvalue weighted by Crippen LogP contribution is 2.51. The molecule has 3 aliphatic rings. The summed E-state index contributed by atoms with van der Waals surface area (Å²) in [5.41, 5.74) is 1.37. The molecule has 6 heteroatoms. The maximum Gasteiger partial charge on any atom is 0.323 e. The molecular formula is C25H39NO5. The Morgan fingerprint density at radius 3 is 2.68 bits per heavy atom. The van der Waals surface area contributed by atoms with Crippen LogP contribution < -0.4 is 0 Å². The maximum absolute atomic E-state index is 12.4. The molecule has 0 bridgehead atoms. The molecule has 0 spiro atoms. The first-order chi connectivity index (χ1) is 14.6. The largest absolute Gasteiger partial charge is 0.468 e. The molecule has 1 unspecified atom stereocenters. The van der Waals surface area contributed by atoms with Crippen LogP contribution in [0.2, 0.25) is 0 Å². The number of methoxy groups -OCH3 is 1. The molecule has 0 aromatic heterocycles. The predicted molar refractivity (Wildman–Crippen MR) is 119 cm³/mol. The summed E-state index contributed by atoms with van der Waals surface area (Å²) in [4.78, 5) is 26.2. The number of carbonyl (C=O) groups is 2. The lowest BCUT2D eigenvalue weighted by Gasteiger charge is -2.53. The van der Waals surface area contributed by atoms with Crippen molar-refractivity contribution in [2.75, 3.05) is 20.2 Å². The average molecular weight is 434 g/mol. The van der Waals surface area contributed by atoms with E-state index < -0.39 is 5.60 Å². The number of aliphatic hydroxyl groups is 1. The van der Waals surface area contributed by atoms with Crippen molar-refractivity contribution in [3.63, 3.8) is 0 Å². The van der Waals surface area contributed by atoms with Gasteiger partial charge in [0.15, 0.2) is 0 Å². The van der Waals surface area contributed by atoms with Gasteiger partial charge in [0.05, 0.1) is 12.7 Å². The molecule has 6 nitrogen and oxygen atoms in total. The second-order valence-corrected chi connectivity index (χ2v) is 10.1. The molecule has 1 saturated carbocycles. The Morgan fingerprint density at radius 2 is 2.03 bits per heavy atom. The molecule has 1 N–H and O–H groups in total. The second kappa shape index (κ2) is 9.45. The fourth-order valence-corrected chi connectivity index (χ4v) is 5.99. The molecule has 1 heterocycles. The zero-order chi connectivity index (χ0) is 22.9. The Labute approximate surface area is 186 Å². The molecule has 1 aliphatic heterocycles. The smallest absolute Gasteiger partial charge is 0.323 e. The van der Waals surface area contributed by atoms with Crippen molar-refractivity contribution in [2.24, 2.45) is 23.7 Å². The minimum absolute atomic E-state index is 0.0247. The third-order valence-corrected chi connectivity index (χ3v) is 7.95. The Kier molecular flexibility index (Phi) is 7.32. The van der Waals surface area contributed by atoms with Crippen molar-refractivity contribution in [1.29, 1.82) is 0 Å². The topological polar surface area (TPSA) is 76.1 Å². The number of hydrogen-bond donors (Lipinski definition) is 1. The third kappa shape index (κ3) is 4.90. The number of hydrogen-bond acceptors (Lipinski definition) is 6. The van der Waals surface area contributed by atoms with Crippen LogP contribution >= 0.6 is 0 Å². The van der Waals surface area contributed by atoms with Crippen molar-refractivity contribution < 1.29 is 24.2 Å². The monoisotopic (exact) mass is 433 g/mol. The summed E-state index contributed by atoms with van der Waals surface area (Å²) in [6.07, 6.45) is 7.16. The summed E-state index contributed by atoms with van der Waals surface area (Å²) in [5, 5.41) is 11.8. The van der Waals surface area contributed by atoms with Crippen LogP contribution in [0.5, 0.6) is 0 Å². The van der Waals surface area contributed by atoms with E-state index in [0.717, 1.165) is 31.5 Å². The first-order valence-corrected chi connectivity index (χ1v) is 11.6. The van der Waals surface area contributed by atoms with E-state index in [9.17, 15) is 14.7 Å². The van der Waals surface area contributed by atoms with Gasteiger partial charge >= 0.3 is 11.9 Å². The normalized spacial score (nSPS) is 37.2. The van der Waals surface area contributed by atoms with E-state index in [2.05, 4.69) is 37.8 Å². The lowest BCUT2D eigenvalue weighted by molar-refractivity contribution is -0.160. The summed E-state index contributed by atoms with van der Waals surface area (Å²) in [6.45, 7) is 11.4. The van der Waals surface area contributed by atoms with Crippen LogP contribution in [0, 0.1) is 23.7 Å². The number of rotatable bonds is 5. The highest BCUT2D eigenvalue weighted by molar-refractivity contribution is 5.76. The maximum atomic E-state index is 12.4. The first kappa shape index (κ1) is 24.0. The van der Waals surface area contributed by atoms with Crippen molar-refractivity contribution in [1.82, 2.24) is 4.90 Å². The van der Waals surface area contributed by atoms with Gasteiger partial charge in [0.25, 0.3) is 0 Å². The number of carbonyl (C=O) groups excluding carboxylic acids is 2. The molecule has 0 aromatic carbocycles. The highest BCUT2D eigenvalue weighted by atomic mass is 16.5. The molecule has 174 valence electrons. The number of fused-ring (bicyclic) bond motifs is 1. The minimum Gasteiger partial charge on any atom is -0.468 e. The quantitative estimate of drug-likeness (QED) is 0.528. The Hall–Kier alpha value is -1.66. The highest BCUT2D eigenvalue weighted by Gasteiger charge is 2.53. The third-order valence-electron chi connectivity index (χ3n) is 7.95. The van der Waals surface area contributed by atoms with Gasteiger partial charge in [0, 0.05) is 32.4 Å². The zero-order valence-electron chi connectivity index (χ0n) is 19.9. The lowest BCUT2D eigenvalue weighted by atomic mass is 9.57. The summed E-state index contributed by atoms with van der Waals surface area (Å²) in [5.74, 6) is 0.294.